The lowest BCUT2D eigenvalue weighted by atomic mass is 9.88. The number of benzene rings is 2. The van der Waals surface area contributed by atoms with E-state index in [0.717, 1.165) is 29.7 Å². The van der Waals surface area contributed by atoms with E-state index in [1.165, 1.54) is 10.9 Å². The van der Waals surface area contributed by atoms with Crippen LogP contribution in [0.5, 0.6) is 0 Å². The van der Waals surface area contributed by atoms with Gasteiger partial charge in [0.25, 0.3) is 0 Å². The largest absolute Gasteiger partial charge is 0.459 e. The number of para-hydroxylation sites is 1. The number of ether oxygens (including phenoxy) is 1. The molecule has 1 unspecified atom stereocenters. The van der Waals surface area contributed by atoms with Crippen molar-refractivity contribution in [2.24, 2.45) is 0 Å². The smallest absolute Gasteiger partial charge is 0.332 e. The SMILES string of the molecule is CC1(C(=O)OCc2ccccc2)NCCc2c1[nH]c1ccccc21. The second-order valence-electron chi connectivity index (χ2n) is 6.39. The number of nitrogens with one attached hydrogen (secondary N) is 2. The fourth-order valence-corrected chi connectivity index (χ4v) is 3.45. The molecular weight excluding hydrogens is 300 g/mol. The molecule has 4 rings (SSSR count). The first-order valence-electron chi connectivity index (χ1n) is 8.25. The van der Waals surface area contributed by atoms with E-state index in [2.05, 4.69) is 16.4 Å². The predicted molar refractivity (Wildman–Crippen MR) is 93.6 cm³/mol. The lowest BCUT2D eigenvalue weighted by molar-refractivity contribution is -0.153. The second kappa shape index (κ2) is 5.80. The third-order valence-electron chi connectivity index (χ3n) is 4.79. The van der Waals surface area contributed by atoms with Gasteiger partial charge in [-0.15, -0.1) is 0 Å². The van der Waals surface area contributed by atoms with Crippen molar-refractivity contribution in [2.75, 3.05) is 6.54 Å². The molecule has 4 heteroatoms. The molecule has 24 heavy (non-hydrogen) atoms. The van der Waals surface area contributed by atoms with Gasteiger partial charge in [-0.1, -0.05) is 48.5 Å². The highest BCUT2D eigenvalue weighted by molar-refractivity contribution is 5.90. The Labute approximate surface area is 140 Å². The maximum Gasteiger partial charge on any atom is 0.332 e. The van der Waals surface area contributed by atoms with Crippen LogP contribution in [0.1, 0.15) is 23.7 Å². The number of hydrogen-bond donors (Lipinski definition) is 2. The fraction of sp³-hybridized carbons (Fsp3) is 0.250. The first-order chi connectivity index (χ1) is 11.7. The van der Waals surface area contributed by atoms with Gasteiger partial charge in [-0.25, -0.2) is 4.79 Å². The highest BCUT2D eigenvalue weighted by Gasteiger charge is 2.42. The Hall–Kier alpha value is -2.59. The van der Waals surface area contributed by atoms with Crippen LogP contribution in [-0.4, -0.2) is 17.5 Å². The Morgan fingerprint density at radius 2 is 1.88 bits per heavy atom. The number of carbonyl (C=O) groups excluding carboxylic acids is 1. The maximum absolute atomic E-state index is 12.8. The molecule has 0 bridgehead atoms. The van der Waals surface area contributed by atoms with Crippen molar-refractivity contribution >= 4 is 16.9 Å². The van der Waals surface area contributed by atoms with E-state index in [0.29, 0.717) is 0 Å². The molecule has 122 valence electrons. The van der Waals surface area contributed by atoms with Gasteiger partial charge in [0.15, 0.2) is 5.54 Å². The lowest BCUT2D eigenvalue weighted by Gasteiger charge is -2.32. The molecule has 0 spiro atoms. The molecule has 0 saturated heterocycles. The Bertz CT molecular complexity index is 885. The number of fused-ring (bicyclic) bond motifs is 3. The van der Waals surface area contributed by atoms with Crippen molar-refractivity contribution in [1.82, 2.24) is 10.3 Å². The fourth-order valence-electron chi connectivity index (χ4n) is 3.45. The second-order valence-corrected chi connectivity index (χ2v) is 6.39. The number of rotatable bonds is 3. The average Bonchev–Trinajstić information content (AvgIpc) is 3.01. The molecule has 0 aliphatic carbocycles. The van der Waals surface area contributed by atoms with E-state index in [1.807, 2.05) is 55.5 Å². The summed E-state index contributed by atoms with van der Waals surface area (Å²) in [5.74, 6) is -0.251. The van der Waals surface area contributed by atoms with Crippen molar-refractivity contribution in [3.8, 4) is 0 Å². The van der Waals surface area contributed by atoms with Crippen molar-refractivity contribution in [3.05, 3.63) is 71.4 Å². The third kappa shape index (κ3) is 2.39. The Morgan fingerprint density at radius 1 is 1.12 bits per heavy atom. The maximum atomic E-state index is 12.8. The lowest BCUT2D eigenvalue weighted by Crippen LogP contribution is -2.51. The van der Waals surface area contributed by atoms with Crippen molar-refractivity contribution < 1.29 is 9.53 Å². The summed E-state index contributed by atoms with van der Waals surface area (Å²) in [5, 5.41) is 4.53. The molecular formula is C20H20N2O2. The van der Waals surface area contributed by atoms with E-state index in [4.69, 9.17) is 4.74 Å². The van der Waals surface area contributed by atoms with Gasteiger partial charge >= 0.3 is 5.97 Å². The minimum atomic E-state index is -0.846. The number of hydrogen-bond acceptors (Lipinski definition) is 3. The van der Waals surface area contributed by atoms with Crippen LogP contribution in [0, 0.1) is 0 Å². The van der Waals surface area contributed by atoms with E-state index in [-0.39, 0.29) is 12.6 Å². The van der Waals surface area contributed by atoms with Gasteiger partial charge in [-0.05, 0) is 30.5 Å². The van der Waals surface area contributed by atoms with Crippen LogP contribution in [-0.2, 0) is 28.1 Å². The number of H-pyrrole nitrogens is 1. The molecule has 1 aromatic heterocycles. The quantitative estimate of drug-likeness (QED) is 0.728. The molecule has 0 saturated carbocycles. The standard InChI is InChI=1S/C20H20N2O2/c1-20(19(23)24-13-14-7-3-2-4-8-14)18-16(11-12-21-20)15-9-5-6-10-17(15)22-18/h2-10,21-22H,11-13H2,1H3. The van der Waals surface area contributed by atoms with Gasteiger partial charge < -0.3 is 9.72 Å². The normalized spacial score (nSPS) is 19.9. The molecule has 0 amide bonds. The molecule has 2 N–H and O–H groups in total. The van der Waals surface area contributed by atoms with Gasteiger partial charge in [-0.3, -0.25) is 5.32 Å². The van der Waals surface area contributed by atoms with E-state index in [1.54, 1.807) is 0 Å². The molecule has 0 fully saturated rings. The first-order valence-corrected chi connectivity index (χ1v) is 8.25. The number of aromatic nitrogens is 1. The van der Waals surface area contributed by atoms with Crippen LogP contribution >= 0.6 is 0 Å². The summed E-state index contributed by atoms with van der Waals surface area (Å²) >= 11 is 0. The zero-order valence-electron chi connectivity index (χ0n) is 13.6. The van der Waals surface area contributed by atoms with Crippen LogP contribution in [0.4, 0.5) is 0 Å². The van der Waals surface area contributed by atoms with Gasteiger partial charge in [-0.2, -0.15) is 0 Å². The predicted octanol–water partition coefficient (Wildman–Crippen LogP) is 3.27. The summed E-state index contributed by atoms with van der Waals surface area (Å²) < 4.78 is 5.60. The third-order valence-corrected chi connectivity index (χ3v) is 4.79. The molecule has 2 aromatic carbocycles. The summed E-state index contributed by atoms with van der Waals surface area (Å²) in [4.78, 5) is 16.3. The minimum absolute atomic E-state index is 0.251. The molecule has 1 atom stereocenters. The van der Waals surface area contributed by atoms with Crippen molar-refractivity contribution in [2.45, 2.75) is 25.5 Å². The van der Waals surface area contributed by atoms with Crippen LogP contribution in [0.25, 0.3) is 10.9 Å². The van der Waals surface area contributed by atoms with Gasteiger partial charge in [0.2, 0.25) is 0 Å². The Kier molecular flexibility index (Phi) is 3.62. The van der Waals surface area contributed by atoms with Crippen LogP contribution in [0.15, 0.2) is 54.6 Å². The zero-order chi connectivity index (χ0) is 16.6. The van der Waals surface area contributed by atoms with E-state index < -0.39 is 5.54 Å². The number of aromatic amines is 1. The highest BCUT2D eigenvalue weighted by atomic mass is 16.5. The van der Waals surface area contributed by atoms with Crippen LogP contribution in [0.3, 0.4) is 0 Å². The summed E-state index contributed by atoms with van der Waals surface area (Å²) in [6.45, 7) is 2.94. The monoisotopic (exact) mass is 320 g/mol. The first kappa shape index (κ1) is 15.0. The summed E-state index contributed by atoms with van der Waals surface area (Å²) in [6.07, 6.45) is 0.904. The average molecular weight is 320 g/mol. The summed E-state index contributed by atoms with van der Waals surface area (Å²) in [5.41, 5.74) is 3.34. The van der Waals surface area contributed by atoms with E-state index >= 15 is 0 Å². The van der Waals surface area contributed by atoms with Crippen LogP contribution < -0.4 is 5.32 Å². The summed E-state index contributed by atoms with van der Waals surface area (Å²) in [7, 11) is 0. The molecule has 2 heterocycles. The molecule has 4 nitrogen and oxygen atoms in total. The minimum Gasteiger partial charge on any atom is -0.459 e. The Morgan fingerprint density at radius 3 is 2.71 bits per heavy atom. The highest BCUT2D eigenvalue weighted by Crippen LogP contribution is 2.34. The number of esters is 1. The van der Waals surface area contributed by atoms with Crippen molar-refractivity contribution in [1.29, 1.82) is 0 Å². The number of carbonyl (C=O) groups is 1. The topological polar surface area (TPSA) is 54.1 Å². The molecule has 1 aliphatic heterocycles. The van der Waals surface area contributed by atoms with Gasteiger partial charge in [0.05, 0.1) is 5.69 Å². The Balaban J connectivity index is 1.64. The molecule has 3 aromatic rings. The molecule has 0 radical (unpaired) electrons. The van der Waals surface area contributed by atoms with E-state index in [9.17, 15) is 4.79 Å². The van der Waals surface area contributed by atoms with Crippen molar-refractivity contribution in [3.63, 3.8) is 0 Å². The van der Waals surface area contributed by atoms with Crippen LogP contribution in [0.2, 0.25) is 0 Å². The summed E-state index contributed by atoms with van der Waals surface area (Å²) in [6, 6.07) is 17.9. The zero-order valence-corrected chi connectivity index (χ0v) is 13.6. The van der Waals surface area contributed by atoms with Gasteiger partial charge in [0.1, 0.15) is 6.61 Å². The molecule has 1 aliphatic rings. The van der Waals surface area contributed by atoms with Gasteiger partial charge in [0, 0.05) is 17.4 Å².